The second-order valence-corrected chi connectivity index (χ2v) is 6.71. The predicted molar refractivity (Wildman–Crippen MR) is 74.9 cm³/mol. The predicted octanol–water partition coefficient (Wildman–Crippen LogP) is 4.43. The Kier molecular flexibility index (Phi) is 3.14. The van der Waals surface area contributed by atoms with Crippen LogP contribution in [0.15, 0.2) is 35.1 Å². The molecule has 2 nitrogen and oxygen atoms in total. The number of rotatable bonds is 3. The van der Waals surface area contributed by atoms with Crippen molar-refractivity contribution in [1.82, 2.24) is 4.98 Å². The molecule has 0 aliphatic heterocycles. The van der Waals surface area contributed by atoms with Crippen LogP contribution in [0, 0.1) is 0 Å². The van der Waals surface area contributed by atoms with Crippen molar-refractivity contribution in [3.63, 3.8) is 0 Å². The van der Waals surface area contributed by atoms with Gasteiger partial charge in [-0.15, -0.1) is 0 Å². The first-order chi connectivity index (χ1) is 8.29. The Morgan fingerprint density at radius 3 is 2.39 bits per heavy atom. The number of furan rings is 1. The standard InChI is InChI=1S/C16H23NO/c1-15(2,3)14-9-12(11-18-14)10-16(4,5)13-7-6-8-17-13/h6-9,11,17H,10H2,1-5H3. The van der Waals surface area contributed by atoms with Crippen molar-refractivity contribution >= 4 is 0 Å². The molecule has 0 unspecified atom stereocenters. The number of aromatic nitrogens is 1. The molecule has 98 valence electrons. The molecule has 0 aromatic carbocycles. The molecule has 1 N–H and O–H groups in total. The van der Waals surface area contributed by atoms with Crippen LogP contribution < -0.4 is 0 Å². The smallest absolute Gasteiger partial charge is 0.109 e. The van der Waals surface area contributed by atoms with E-state index >= 15 is 0 Å². The lowest BCUT2D eigenvalue weighted by Crippen LogP contribution is -2.20. The minimum absolute atomic E-state index is 0.0782. The van der Waals surface area contributed by atoms with E-state index in [1.807, 2.05) is 18.5 Å². The molecular weight excluding hydrogens is 222 g/mol. The quantitative estimate of drug-likeness (QED) is 0.851. The van der Waals surface area contributed by atoms with Gasteiger partial charge in [-0.05, 0) is 30.2 Å². The summed E-state index contributed by atoms with van der Waals surface area (Å²) in [6.45, 7) is 11.0. The van der Waals surface area contributed by atoms with Gasteiger partial charge < -0.3 is 9.40 Å². The van der Waals surface area contributed by atoms with E-state index in [1.54, 1.807) is 0 Å². The highest BCUT2D eigenvalue weighted by Gasteiger charge is 2.24. The average molecular weight is 245 g/mol. The largest absolute Gasteiger partial charge is 0.469 e. The molecule has 18 heavy (non-hydrogen) atoms. The molecule has 0 aliphatic carbocycles. The number of H-pyrrole nitrogens is 1. The summed E-state index contributed by atoms with van der Waals surface area (Å²) in [5.74, 6) is 1.06. The molecule has 0 bridgehead atoms. The first-order valence-corrected chi connectivity index (χ1v) is 6.51. The van der Waals surface area contributed by atoms with E-state index in [4.69, 9.17) is 4.42 Å². The van der Waals surface area contributed by atoms with E-state index < -0.39 is 0 Å². The third-order valence-electron chi connectivity index (χ3n) is 3.37. The summed E-state index contributed by atoms with van der Waals surface area (Å²) >= 11 is 0. The van der Waals surface area contributed by atoms with E-state index in [1.165, 1.54) is 11.3 Å². The maximum Gasteiger partial charge on any atom is 0.109 e. The van der Waals surface area contributed by atoms with E-state index in [-0.39, 0.29) is 10.8 Å². The van der Waals surface area contributed by atoms with Gasteiger partial charge in [0.25, 0.3) is 0 Å². The maximum atomic E-state index is 5.68. The van der Waals surface area contributed by atoms with Crippen LogP contribution in [0.25, 0.3) is 0 Å². The Morgan fingerprint density at radius 2 is 1.89 bits per heavy atom. The van der Waals surface area contributed by atoms with Gasteiger partial charge in [0.2, 0.25) is 0 Å². The summed E-state index contributed by atoms with van der Waals surface area (Å²) < 4.78 is 5.68. The molecule has 0 radical (unpaired) electrons. The van der Waals surface area contributed by atoms with E-state index in [0.717, 1.165) is 12.2 Å². The van der Waals surface area contributed by atoms with Gasteiger partial charge in [-0.25, -0.2) is 0 Å². The van der Waals surface area contributed by atoms with Crippen molar-refractivity contribution in [2.24, 2.45) is 0 Å². The first-order valence-electron chi connectivity index (χ1n) is 6.51. The average Bonchev–Trinajstić information content (AvgIpc) is 2.83. The lowest BCUT2D eigenvalue weighted by molar-refractivity contribution is 0.408. The summed E-state index contributed by atoms with van der Waals surface area (Å²) in [4.78, 5) is 3.30. The van der Waals surface area contributed by atoms with Crippen molar-refractivity contribution in [1.29, 1.82) is 0 Å². The Balaban J connectivity index is 2.17. The summed E-state index contributed by atoms with van der Waals surface area (Å²) in [5.41, 5.74) is 2.71. The van der Waals surface area contributed by atoms with Crippen molar-refractivity contribution in [3.8, 4) is 0 Å². The van der Waals surface area contributed by atoms with Crippen molar-refractivity contribution in [3.05, 3.63) is 47.7 Å². The van der Waals surface area contributed by atoms with E-state index in [9.17, 15) is 0 Å². The van der Waals surface area contributed by atoms with Crippen molar-refractivity contribution in [2.75, 3.05) is 0 Å². The number of nitrogens with one attached hydrogen (secondary N) is 1. The summed E-state index contributed by atoms with van der Waals surface area (Å²) in [6.07, 6.45) is 4.85. The second-order valence-electron chi connectivity index (χ2n) is 6.71. The molecule has 0 aliphatic rings. The highest BCUT2D eigenvalue weighted by atomic mass is 16.3. The molecule has 0 fully saturated rings. The van der Waals surface area contributed by atoms with Gasteiger partial charge >= 0.3 is 0 Å². The zero-order chi connectivity index (χ0) is 13.4. The Labute approximate surface area is 109 Å². The van der Waals surface area contributed by atoms with Gasteiger partial charge in [0.15, 0.2) is 0 Å². The molecule has 0 saturated heterocycles. The lowest BCUT2D eigenvalue weighted by Gasteiger charge is -2.22. The van der Waals surface area contributed by atoms with Crippen LogP contribution in [-0.4, -0.2) is 4.98 Å². The molecule has 2 aromatic heterocycles. The highest BCUT2D eigenvalue weighted by Crippen LogP contribution is 2.30. The molecular formula is C16H23NO. The van der Waals surface area contributed by atoms with Crippen molar-refractivity contribution in [2.45, 2.75) is 51.9 Å². The number of aromatic amines is 1. The Hall–Kier alpha value is -1.44. The van der Waals surface area contributed by atoms with Gasteiger partial charge in [0.1, 0.15) is 5.76 Å². The molecule has 0 atom stereocenters. The topological polar surface area (TPSA) is 28.9 Å². The fourth-order valence-electron chi connectivity index (χ4n) is 2.22. The fraction of sp³-hybridized carbons (Fsp3) is 0.500. The third-order valence-corrected chi connectivity index (χ3v) is 3.37. The number of hydrogen-bond donors (Lipinski definition) is 1. The monoisotopic (exact) mass is 245 g/mol. The molecule has 0 saturated carbocycles. The molecule has 2 heterocycles. The molecule has 2 rings (SSSR count). The number of hydrogen-bond acceptors (Lipinski definition) is 1. The highest BCUT2D eigenvalue weighted by molar-refractivity contribution is 5.24. The van der Waals surface area contributed by atoms with E-state index in [0.29, 0.717) is 0 Å². The lowest BCUT2D eigenvalue weighted by atomic mass is 9.83. The van der Waals surface area contributed by atoms with Crippen LogP contribution in [0.4, 0.5) is 0 Å². The zero-order valence-corrected chi connectivity index (χ0v) is 12.0. The SMILES string of the molecule is CC(C)(C)c1cc(CC(C)(C)c2ccc[nH]2)co1. The Bertz CT molecular complexity index is 497. The molecule has 2 heteroatoms. The normalized spacial score (nSPS) is 12.9. The second kappa shape index (κ2) is 4.34. The third kappa shape index (κ3) is 2.69. The minimum Gasteiger partial charge on any atom is -0.469 e. The molecule has 2 aromatic rings. The zero-order valence-electron chi connectivity index (χ0n) is 12.0. The summed E-state index contributed by atoms with van der Waals surface area (Å²) in [6, 6.07) is 6.38. The van der Waals surface area contributed by atoms with Gasteiger partial charge in [0.05, 0.1) is 6.26 Å². The fourth-order valence-corrected chi connectivity index (χ4v) is 2.22. The molecule has 0 spiro atoms. The van der Waals surface area contributed by atoms with Gasteiger partial charge in [-0.3, -0.25) is 0 Å². The van der Waals surface area contributed by atoms with Crippen LogP contribution in [-0.2, 0) is 17.3 Å². The van der Waals surface area contributed by atoms with Crippen LogP contribution in [0.3, 0.4) is 0 Å². The minimum atomic E-state index is 0.0782. The maximum absolute atomic E-state index is 5.68. The first kappa shape index (κ1) is 13.0. The van der Waals surface area contributed by atoms with Gasteiger partial charge in [0, 0.05) is 22.7 Å². The molecule has 0 amide bonds. The van der Waals surface area contributed by atoms with E-state index in [2.05, 4.69) is 51.7 Å². The van der Waals surface area contributed by atoms with Crippen LogP contribution in [0.2, 0.25) is 0 Å². The van der Waals surface area contributed by atoms with Crippen molar-refractivity contribution < 1.29 is 4.42 Å². The van der Waals surface area contributed by atoms with Crippen LogP contribution >= 0.6 is 0 Å². The Morgan fingerprint density at radius 1 is 1.17 bits per heavy atom. The van der Waals surface area contributed by atoms with Gasteiger partial charge in [-0.1, -0.05) is 34.6 Å². The van der Waals surface area contributed by atoms with Crippen LogP contribution in [0.1, 0.15) is 51.6 Å². The van der Waals surface area contributed by atoms with Gasteiger partial charge in [-0.2, -0.15) is 0 Å². The van der Waals surface area contributed by atoms with Crippen LogP contribution in [0.5, 0.6) is 0 Å². The summed E-state index contributed by atoms with van der Waals surface area (Å²) in [7, 11) is 0. The summed E-state index contributed by atoms with van der Waals surface area (Å²) in [5, 5.41) is 0.